The number of nitrogen functional groups attached to an aromatic ring is 1. The Balaban J connectivity index is 2.90. The molecule has 0 amide bonds. The van der Waals surface area contributed by atoms with E-state index in [0.29, 0.717) is 11.3 Å². The number of anilines is 1. The predicted octanol–water partition coefficient (Wildman–Crippen LogP) is 1.06. The second-order valence-corrected chi connectivity index (χ2v) is 2.11. The third-order valence-corrected chi connectivity index (χ3v) is 1.33. The fraction of sp³-hybridized carbons (Fsp3) is 0.125. The smallest absolute Gasteiger partial charge is 0.337 e. The zero-order chi connectivity index (χ0) is 8.27. The van der Waals surface area contributed by atoms with Gasteiger partial charge in [-0.2, -0.15) is 0 Å². The van der Waals surface area contributed by atoms with E-state index in [0.717, 1.165) is 0 Å². The fourth-order valence-corrected chi connectivity index (χ4v) is 0.737. The third kappa shape index (κ3) is 1.70. The van der Waals surface area contributed by atoms with Crippen molar-refractivity contribution in [2.75, 3.05) is 12.8 Å². The van der Waals surface area contributed by atoms with E-state index in [1.54, 1.807) is 24.3 Å². The van der Waals surface area contributed by atoms with Crippen molar-refractivity contribution >= 4 is 11.7 Å². The van der Waals surface area contributed by atoms with Gasteiger partial charge in [0.05, 0.1) is 12.7 Å². The second-order valence-electron chi connectivity index (χ2n) is 2.11. The van der Waals surface area contributed by atoms with Crippen LogP contribution in [0.3, 0.4) is 0 Å². The number of carbonyl (C=O) groups excluding carboxylic acids is 1. The van der Waals surface area contributed by atoms with Crippen LogP contribution in [0, 0.1) is 0 Å². The first-order chi connectivity index (χ1) is 5.24. The average Bonchev–Trinajstić information content (AvgIpc) is 2.05. The molecular weight excluding hydrogens is 141 g/mol. The van der Waals surface area contributed by atoms with E-state index >= 15 is 0 Å². The van der Waals surface area contributed by atoms with Crippen LogP contribution in [0.1, 0.15) is 10.4 Å². The van der Waals surface area contributed by atoms with Gasteiger partial charge in [0.1, 0.15) is 0 Å². The molecule has 58 valence electrons. The summed E-state index contributed by atoms with van der Waals surface area (Å²) in [5, 5.41) is 0. The van der Waals surface area contributed by atoms with Crippen LogP contribution in [0.25, 0.3) is 0 Å². The monoisotopic (exact) mass is 150 g/mol. The minimum absolute atomic E-state index is 0.343. The lowest BCUT2D eigenvalue weighted by molar-refractivity contribution is 0.0601. The van der Waals surface area contributed by atoms with Crippen molar-refractivity contribution in [2.45, 2.75) is 0 Å². The maximum atomic E-state index is 10.9. The van der Waals surface area contributed by atoms with E-state index in [1.807, 2.05) is 0 Å². The normalized spacial score (nSPS) is 9.18. The van der Waals surface area contributed by atoms with Crippen LogP contribution in [0.5, 0.6) is 0 Å². The van der Waals surface area contributed by atoms with Gasteiger partial charge in [0.15, 0.2) is 0 Å². The molecule has 0 radical (unpaired) electrons. The second kappa shape index (κ2) is 3.05. The first-order valence-electron chi connectivity index (χ1n) is 3.18. The van der Waals surface area contributed by atoms with Gasteiger partial charge in [-0.1, -0.05) is 0 Å². The molecule has 1 rings (SSSR count). The summed E-state index contributed by atoms with van der Waals surface area (Å²) in [5.74, 6) is -0.343. The molecule has 0 saturated heterocycles. The van der Waals surface area contributed by atoms with Gasteiger partial charge < -0.3 is 10.5 Å². The van der Waals surface area contributed by atoms with Crippen LogP contribution in [0.2, 0.25) is 0 Å². The van der Waals surface area contributed by atoms with E-state index in [1.165, 1.54) is 7.11 Å². The Hall–Kier alpha value is -1.51. The zero-order valence-corrected chi connectivity index (χ0v) is 6.20. The number of methoxy groups -OCH3 is 1. The Bertz CT molecular complexity index is 253. The summed E-state index contributed by atoms with van der Waals surface area (Å²) in [6.45, 7) is 0. The van der Waals surface area contributed by atoms with E-state index < -0.39 is 0 Å². The van der Waals surface area contributed by atoms with Crippen LogP contribution in [0.15, 0.2) is 24.3 Å². The molecule has 0 atom stereocenters. The lowest BCUT2D eigenvalue weighted by atomic mass is 9.94. The largest absolute Gasteiger partial charge is 0.465 e. The summed E-state index contributed by atoms with van der Waals surface area (Å²) in [6, 6.07) is 6.57. The minimum Gasteiger partial charge on any atom is -0.465 e. The Morgan fingerprint density at radius 1 is 1.36 bits per heavy atom. The van der Waals surface area contributed by atoms with Gasteiger partial charge in [-0.05, 0) is 24.3 Å². The standard InChI is InChI=1S/C8H9NO2/c1-11-8(10)6-2-4-7(9)5-3-6/h2-5H,9H2,1H3/i8-1. The molecule has 0 fully saturated rings. The SMILES string of the molecule is CO[11C](=O)c1ccc(N)cc1. The summed E-state index contributed by atoms with van der Waals surface area (Å²) in [4.78, 5) is 10.9. The highest BCUT2D eigenvalue weighted by Gasteiger charge is 2.02. The number of hydrogen-bond donors (Lipinski definition) is 1. The minimum atomic E-state index is -0.343. The van der Waals surface area contributed by atoms with E-state index in [2.05, 4.69) is 4.74 Å². The molecule has 0 aliphatic heterocycles. The number of ether oxygens (including phenoxy) is 1. The quantitative estimate of drug-likeness (QED) is 0.481. The maximum absolute atomic E-state index is 10.9. The number of esters is 1. The first kappa shape index (κ1) is 7.60. The highest BCUT2D eigenvalue weighted by molar-refractivity contribution is 5.89. The van der Waals surface area contributed by atoms with Crippen LogP contribution in [0.4, 0.5) is 5.69 Å². The van der Waals surface area contributed by atoms with Gasteiger partial charge in [0, 0.05) is 5.69 Å². The molecule has 0 heterocycles. The molecule has 1 aromatic rings. The third-order valence-electron chi connectivity index (χ3n) is 1.33. The summed E-state index contributed by atoms with van der Waals surface area (Å²) >= 11 is 0. The Kier molecular flexibility index (Phi) is 2.11. The van der Waals surface area contributed by atoms with Crippen molar-refractivity contribution in [1.82, 2.24) is 0 Å². The molecule has 0 aromatic heterocycles. The Morgan fingerprint density at radius 3 is 2.36 bits per heavy atom. The van der Waals surface area contributed by atoms with Crippen molar-refractivity contribution in [3.63, 3.8) is 0 Å². The molecule has 1 aromatic carbocycles. The molecule has 0 aliphatic carbocycles. The van der Waals surface area contributed by atoms with Crippen LogP contribution in [-0.2, 0) is 4.74 Å². The number of nitrogens with two attached hydrogens (primary N) is 1. The zero-order valence-electron chi connectivity index (χ0n) is 6.20. The summed E-state index contributed by atoms with van der Waals surface area (Å²) in [7, 11) is 1.35. The topological polar surface area (TPSA) is 52.3 Å². The fourth-order valence-electron chi connectivity index (χ4n) is 0.737. The van der Waals surface area contributed by atoms with Crippen molar-refractivity contribution in [3.8, 4) is 0 Å². The van der Waals surface area contributed by atoms with Gasteiger partial charge in [-0.3, -0.25) is 0 Å². The lowest BCUT2D eigenvalue weighted by Gasteiger charge is -1.97. The predicted molar refractivity (Wildman–Crippen MR) is 42.2 cm³/mol. The van der Waals surface area contributed by atoms with Crippen molar-refractivity contribution < 1.29 is 9.53 Å². The summed E-state index contributed by atoms with van der Waals surface area (Å²) < 4.78 is 4.50. The van der Waals surface area contributed by atoms with E-state index in [9.17, 15) is 4.79 Å². The lowest BCUT2D eigenvalue weighted by Crippen LogP contribution is -2.00. The first-order valence-corrected chi connectivity index (χ1v) is 3.18. The Labute approximate surface area is 64.8 Å². The van der Waals surface area contributed by atoms with Gasteiger partial charge >= 0.3 is 5.97 Å². The van der Waals surface area contributed by atoms with E-state index in [4.69, 9.17) is 5.73 Å². The van der Waals surface area contributed by atoms with Crippen molar-refractivity contribution in [3.05, 3.63) is 29.8 Å². The maximum Gasteiger partial charge on any atom is 0.337 e. The van der Waals surface area contributed by atoms with Gasteiger partial charge in [0.25, 0.3) is 0 Å². The number of benzene rings is 1. The molecule has 3 nitrogen and oxygen atoms in total. The molecule has 0 bridgehead atoms. The molecule has 0 unspecified atom stereocenters. The molecule has 2 N–H and O–H groups in total. The summed E-state index contributed by atoms with van der Waals surface area (Å²) in [6.07, 6.45) is 0. The Morgan fingerprint density at radius 2 is 1.91 bits per heavy atom. The van der Waals surface area contributed by atoms with Gasteiger partial charge in [-0.15, -0.1) is 0 Å². The number of carbonyl (C=O) groups is 1. The highest BCUT2D eigenvalue weighted by atomic mass is 16.5. The molecule has 0 saturated carbocycles. The summed E-state index contributed by atoms with van der Waals surface area (Å²) in [5.41, 5.74) is 6.57. The number of hydrogen-bond acceptors (Lipinski definition) is 3. The van der Waals surface area contributed by atoms with Crippen LogP contribution >= 0.6 is 0 Å². The molecule has 3 heteroatoms. The van der Waals surface area contributed by atoms with Gasteiger partial charge in [-0.25, -0.2) is 4.79 Å². The van der Waals surface area contributed by atoms with Crippen LogP contribution < -0.4 is 5.73 Å². The average molecular weight is 150 g/mol. The van der Waals surface area contributed by atoms with Gasteiger partial charge in [0.2, 0.25) is 0 Å². The van der Waals surface area contributed by atoms with Crippen LogP contribution in [-0.4, -0.2) is 13.1 Å². The molecule has 0 aliphatic rings. The van der Waals surface area contributed by atoms with Crippen molar-refractivity contribution in [1.29, 1.82) is 0 Å². The van der Waals surface area contributed by atoms with E-state index in [-0.39, 0.29) is 5.97 Å². The molecule has 0 spiro atoms. The van der Waals surface area contributed by atoms with Crippen molar-refractivity contribution in [2.24, 2.45) is 0 Å². The molecule has 11 heavy (non-hydrogen) atoms. The molecular formula is C8H9NO2. The highest BCUT2D eigenvalue weighted by Crippen LogP contribution is 2.05. The number of rotatable bonds is 1.